The highest BCUT2D eigenvalue weighted by atomic mass is 32.2. The van der Waals surface area contributed by atoms with E-state index < -0.39 is 0 Å². The Balaban J connectivity index is 2.05. The number of hydrogen-bond donors (Lipinski definition) is 1. The zero-order chi connectivity index (χ0) is 14.5. The van der Waals surface area contributed by atoms with E-state index in [2.05, 4.69) is 63.2 Å². The van der Waals surface area contributed by atoms with Crippen molar-refractivity contribution in [2.75, 3.05) is 6.54 Å². The Morgan fingerprint density at radius 3 is 2.05 bits per heavy atom. The molecule has 0 radical (unpaired) electrons. The van der Waals surface area contributed by atoms with Crippen molar-refractivity contribution in [1.82, 2.24) is 0 Å². The van der Waals surface area contributed by atoms with Crippen LogP contribution in [0.25, 0.3) is 0 Å². The first kappa shape index (κ1) is 15.1. The fourth-order valence-corrected chi connectivity index (χ4v) is 3.48. The van der Waals surface area contributed by atoms with Gasteiger partial charge in [-0.2, -0.15) is 0 Å². The molecule has 106 valence electrons. The van der Waals surface area contributed by atoms with Crippen molar-refractivity contribution in [2.24, 2.45) is 5.73 Å². The molecule has 20 heavy (non-hydrogen) atoms. The molecule has 0 heterocycles. The van der Waals surface area contributed by atoms with Crippen LogP contribution in [0, 0.1) is 20.8 Å². The van der Waals surface area contributed by atoms with Crippen LogP contribution in [0.5, 0.6) is 0 Å². The van der Waals surface area contributed by atoms with Crippen LogP contribution in [0.1, 0.15) is 33.1 Å². The molecule has 2 heteroatoms. The molecule has 2 aromatic rings. The van der Waals surface area contributed by atoms with Gasteiger partial charge in [0.15, 0.2) is 0 Å². The van der Waals surface area contributed by atoms with Crippen molar-refractivity contribution in [1.29, 1.82) is 0 Å². The molecule has 0 fully saturated rings. The minimum atomic E-state index is 0.372. The summed E-state index contributed by atoms with van der Waals surface area (Å²) >= 11 is 1.93. The molecule has 0 saturated heterocycles. The summed E-state index contributed by atoms with van der Waals surface area (Å²) in [5, 5.41) is 0.372. The lowest BCUT2D eigenvalue weighted by Gasteiger charge is -2.15. The Morgan fingerprint density at radius 1 is 0.900 bits per heavy atom. The summed E-state index contributed by atoms with van der Waals surface area (Å²) in [4.78, 5) is 0. The first-order chi connectivity index (χ1) is 9.58. The van der Waals surface area contributed by atoms with Gasteiger partial charge >= 0.3 is 0 Å². The fraction of sp³-hybridized carbons (Fsp3) is 0.333. The lowest BCUT2D eigenvalue weighted by Crippen LogP contribution is -2.09. The second-order valence-electron chi connectivity index (χ2n) is 5.44. The molecule has 2 N–H and O–H groups in total. The van der Waals surface area contributed by atoms with E-state index in [1.165, 1.54) is 27.8 Å². The summed E-state index contributed by atoms with van der Waals surface area (Å²) in [5.74, 6) is 1.01. The number of rotatable bonds is 5. The van der Waals surface area contributed by atoms with Crippen molar-refractivity contribution in [3.8, 4) is 0 Å². The Kier molecular flexibility index (Phi) is 5.27. The van der Waals surface area contributed by atoms with Crippen LogP contribution >= 0.6 is 11.8 Å². The van der Waals surface area contributed by atoms with E-state index in [4.69, 9.17) is 5.73 Å². The van der Waals surface area contributed by atoms with Gasteiger partial charge in [0.25, 0.3) is 0 Å². The van der Waals surface area contributed by atoms with Crippen LogP contribution < -0.4 is 5.73 Å². The molecule has 0 aliphatic rings. The quantitative estimate of drug-likeness (QED) is 0.872. The topological polar surface area (TPSA) is 26.0 Å². The molecule has 0 aliphatic carbocycles. The SMILES string of the molecule is Cc1ccc(C(CN)SCc2cc(C)cc(C)c2)cc1. The summed E-state index contributed by atoms with van der Waals surface area (Å²) in [6, 6.07) is 15.5. The average Bonchev–Trinajstić information content (AvgIpc) is 2.40. The number of benzene rings is 2. The van der Waals surface area contributed by atoms with E-state index in [-0.39, 0.29) is 0 Å². The van der Waals surface area contributed by atoms with E-state index >= 15 is 0 Å². The van der Waals surface area contributed by atoms with Gasteiger partial charge in [0.2, 0.25) is 0 Å². The maximum absolute atomic E-state index is 5.95. The van der Waals surface area contributed by atoms with Gasteiger partial charge in [-0.3, -0.25) is 0 Å². The molecular formula is C18H23NS. The molecule has 2 aromatic carbocycles. The van der Waals surface area contributed by atoms with Crippen LogP contribution in [0.2, 0.25) is 0 Å². The van der Waals surface area contributed by atoms with Gasteiger partial charge in [-0.25, -0.2) is 0 Å². The Hall–Kier alpha value is -1.25. The third-order valence-corrected chi connectivity index (χ3v) is 4.76. The molecule has 1 nitrogen and oxygen atoms in total. The molecule has 0 amide bonds. The number of hydrogen-bond acceptors (Lipinski definition) is 2. The third-order valence-electron chi connectivity index (χ3n) is 3.40. The van der Waals surface area contributed by atoms with E-state index in [9.17, 15) is 0 Å². The highest BCUT2D eigenvalue weighted by Crippen LogP contribution is 2.31. The lowest BCUT2D eigenvalue weighted by atomic mass is 10.1. The minimum Gasteiger partial charge on any atom is -0.329 e. The van der Waals surface area contributed by atoms with Crippen molar-refractivity contribution in [2.45, 2.75) is 31.8 Å². The summed E-state index contributed by atoms with van der Waals surface area (Å²) < 4.78 is 0. The second kappa shape index (κ2) is 6.96. The molecule has 0 aliphatic heterocycles. The molecule has 0 saturated carbocycles. The van der Waals surface area contributed by atoms with Crippen molar-refractivity contribution >= 4 is 11.8 Å². The fourth-order valence-electron chi connectivity index (χ4n) is 2.43. The van der Waals surface area contributed by atoms with Crippen LogP contribution in [-0.2, 0) is 5.75 Å². The zero-order valence-corrected chi connectivity index (χ0v) is 13.3. The number of thioether (sulfide) groups is 1. The van der Waals surface area contributed by atoms with Gasteiger partial charge in [-0.1, -0.05) is 59.2 Å². The van der Waals surface area contributed by atoms with Gasteiger partial charge in [0.1, 0.15) is 0 Å². The van der Waals surface area contributed by atoms with E-state index in [1.54, 1.807) is 0 Å². The van der Waals surface area contributed by atoms with Gasteiger partial charge in [0, 0.05) is 17.5 Å². The first-order valence-electron chi connectivity index (χ1n) is 7.04. The smallest absolute Gasteiger partial charge is 0.0422 e. The zero-order valence-electron chi connectivity index (χ0n) is 12.5. The molecule has 0 spiro atoms. The molecule has 0 bridgehead atoms. The molecule has 1 atom stereocenters. The maximum Gasteiger partial charge on any atom is 0.0422 e. The van der Waals surface area contributed by atoms with Crippen LogP contribution in [-0.4, -0.2) is 6.54 Å². The third kappa shape index (κ3) is 4.12. The summed E-state index contributed by atoms with van der Waals surface area (Å²) in [6.45, 7) is 7.10. The van der Waals surface area contributed by atoms with Crippen LogP contribution in [0.4, 0.5) is 0 Å². The predicted octanol–water partition coefficient (Wildman–Crippen LogP) is 4.55. The van der Waals surface area contributed by atoms with Crippen molar-refractivity contribution in [3.63, 3.8) is 0 Å². The highest BCUT2D eigenvalue weighted by molar-refractivity contribution is 7.98. The van der Waals surface area contributed by atoms with Gasteiger partial charge in [-0.05, 0) is 31.9 Å². The minimum absolute atomic E-state index is 0.372. The standard InChI is InChI=1S/C18H23NS/c1-13-4-6-17(7-5-13)18(11-19)20-12-16-9-14(2)8-15(3)10-16/h4-10,18H,11-12,19H2,1-3H3. The van der Waals surface area contributed by atoms with Crippen LogP contribution in [0.15, 0.2) is 42.5 Å². The lowest BCUT2D eigenvalue weighted by molar-refractivity contribution is 0.939. The predicted molar refractivity (Wildman–Crippen MR) is 90.2 cm³/mol. The Morgan fingerprint density at radius 2 is 1.50 bits per heavy atom. The Labute approximate surface area is 126 Å². The van der Waals surface area contributed by atoms with E-state index in [1.807, 2.05) is 11.8 Å². The Bertz CT molecular complexity index is 540. The largest absolute Gasteiger partial charge is 0.329 e. The monoisotopic (exact) mass is 285 g/mol. The molecule has 2 rings (SSSR count). The molecule has 0 aromatic heterocycles. The normalized spacial score (nSPS) is 12.4. The molecular weight excluding hydrogens is 262 g/mol. The number of nitrogens with two attached hydrogens (primary N) is 1. The summed E-state index contributed by atoms with van der Waals surface area (Å²) in [6.07, 6.45) is 0. The number of aryl methyl sites for hydroxylation is 3. The molecule has 1 unspecified atom stereocenters. The highest BCUT2D eigenvalue weighted by Gasteiger charge is 2.10. The van der Waals surface area contributed by atoms with Crippen LogP contribution in [0.3, 0.4) is 0 Å². The first-order valence-corrected chi connectivity index (χ1v) is 8.09. The van der Waals surface area contributed by atoms with Gasteiger partial charge < -0.3 is 5.73 Å². The van der Waals surface area contributed by atoms with Crippen molar-refractivity contribution in [3.05, 3.63) is 70.3 Å². The van der Waals surface area contributed by atoms with E-state index in [0.717, 1.165) is 5.75 Å². The average molecular weight is 285 g/mol. The maximum atomic E-state index is 5.95. The summed E-state index contributed by atoms with van der Waals surface area (Å²) in [7, 11) is 0. The second-order valence-corrected chi connectivity index (χ2v) is 6.63. The van der Waals surface area contributed by atoms with Gasteiger partial charge in [0.05, 0.1) is 0 Å². The summed E-state index contributed by atoms with van der Waals surface area (Å²) in [5.41, 5.74) is 12.6. The van der Waals surface area contributed by atoms with E-state index in [0.29, 0.717) is 11.8 Å². The van der Waals surface area contributed by atoms with Gasteiger partial charge in [-0.15, -0.1) is 11.8 Å². The van der Waals surface area contributed by atoms with Crippen molar-refractivity contribution < 1.29 is 0 Å².